The third-order valence-corrected chi connectivity index (χ3v) is 10.0. The fourth-order valence-electron chi connectivity index (χ4n) is 6.86. The number of carbonyl (C=O) groups is 1. The summed E-state index contributed by atoms with van der Waals surface area (Å²) < 4.78 is 58.8. The molecule has 0 amide bonds. The van der Waals surface area contributed by atoms with Gasteiger partial charge >= 0.3 is 5.97 Å². The molecule has 0 saturated heterocycles. The normalized spacial score (nSPS) is 13.3. The Morgan fingerprint density at radius 2 is 1.27 bits per heavy atom. The molecular formula is C44H59N5O13. The van der Waals surface area contributed by atoms with Crippen molar-refractivity contribution >= 4 is 17.7 Å². The van der Waals surface area contributed by atoms with Gasteiger partial charge in [0.2, 0.25) is 11.7 Å². The first kappa shape index (κ1) is 47.4. The van der Waals surface area contributed by atoms with E-state index in [1.54, 1.807) is 27.5 Å². The van der Waals surface area contributed by atoms with Crippen LogP contribution in [0.4, 0.5) is 11.8 Å². The smallest absolute Gasteiger partial charge is 0.341 e. The summed E-state index contributed by atoms with van der Waals surface area (Å²) in [5.41, 5.74) is 14.6. The SMILES string of the molecule is COc1cc2c(cc1OCCOCCOCCOCCOCCOCCOc1c(OC)cc(Cc3cnc(N)nc3N)cc1OC)C[C@@H](C(C)(C)C)n1cc(C(=O)O)c(=O)cc1-2. The van der Waals surface area contributed by atoms with Gasteiger partial charge in [0.1, 0.15) is 24.6 Å². The minimum atomic E-state index is -1.25. The van der Waals surface area contributed by atoms with E-state index in [4.69, 9.17) is 58.8 Å². The molecule has 0 unspecified atom stereocenters. The maximum atomic E-state index is 12.7. The lowest BCUT2D eigenvalue weighted by molar-refractivity contribution is -0.0142. The summed E-state index contributed by atoms with van der Waals surface area (Å²) in [6, 6.07) is 8.77. The first-order valence-corrected chi connectivity index (χ1v) is 20.3. The van der Waals surface area contributed by atoms with E-state index < -0.39 is 11.4 Å². The number of anilines is 2. The van der Waals surface area contributed by atoms with Crippen molar-refractivity contribution in [1.29, 1.82) is 0 Å². The lowest BCUT2D eigenvalue weighted by Crippen LogP contribution is -2.32. The van der Waals surface area contributed by atoms with E-state index in [0.717, 1.165) is 22.3 Å². The van der Waals surface area contributed by atoms with Crippen LogP contribution in [0, 0.1) is 5.41 Å². The molecule has 1 atom stereocenters. The van der Waals surface area contributed by atoms with Crippen molar-refractivity contribution < 1.29 is 57.3 Å². The monoisotopic (exact) mass is 865 g/mol. The molecule has 62 heavy (non-hydrogen) atoms. The zero-order valence-corrected chi connectivity index (χ0v) is 36.4. The molecule has 0 aliphatic carbocycles. The number of hydrogen-bond acceptors (Lipinski definition) is 16. The number of ether oxygens (including phenoxy) is 10. The highest BCUT2D eigenvalue weighted by molar-refractivity contribution is 5.88. The Balaban J connectivity index is 0.898. The molecule has 0 saturated carbocycles. The van der Waals surface area contributed by atoms with Gasteiger partial charge in [-0.3, -0.25) is 4.79 Å². The average molecular weight is 866 g/mol. The first-order valence-electron chi connectivity index (χ1n) is 20.3. The van der Waals surface area contributed by atoms with E-state index >= 15 is 0 Å². The van der Waals surface area contributed by atoms with Crippen molar-refractivity contribution in [2.45, 2.75) is 39.7 Å². The van der Waals surface area contributed by atoms with Crippen LogP contribution in [0.1, 0.15) is 53.9 Å². The molecule has 0 spiro atoms. The highest BCUT2D eigenvalue weighted by atomic mass is 16.6. The van der Waals surface area contributed by atoms with E-state index in [0.29, 0.717) is 119 Å². The molecule has 2 aromatic carbocycles. The largest absolute Gasteiger partial charge is 0.493 e. The van der Waals surface area contributed by atoms with E-state index in [1.165, 1.54) is 12.3 Å². The number of methoxy groups -OCH3 is 3. The Hall–Kier alpha value is -5.66. The Morgan fingerprint density at radius 1 is 0.742 bits per heavy atom. The van der Waals surface area contributed by atoms with Crippen LogP contribution in [-0.4, -0.2) is 126 Å². The highest BCUT2D eigenvalue weighted by Gasteiger charge is 2.34. The maximum Gasteiger partial charge on any atom is 0.341 e. The molecule has 338 valence electrons. The number of hydrogen-bond donors (Lipinski definition) is 3. The predicted octanol–water partition coefficient (Wildman–Crippen LogP) is 4.47. The molecule has 18 heteroatoms. The third kappa shape index (κ3) is 12.9. The average Bonchev–Trinajstić information content (AvgIpc) is 3.24. The molecule has 1 aliphatic heterocycles. The van der Waals surface area contributed by atoms with E-state index in [-0.39, 0.29) is 36.2 Å². The molecule has 2 aromatic heterocycles. The van der Waals surface area contributed by atoms with Crippen LogP contribution >= 0.6 is 0 Å². The van der Waals surface area contributed by atoms with Crippen molar-refractivity contribution in [1.82, 2.24) is 14.5 Å². The molecular weight excluding hydrogens is 807 g/mol. The number of aromatic carboxylic acids is 1. The van der Waals surface area contributed by atoms with Crippen LogP contribution in [0.15, 0.2) is 47.5 Å². The number of fused-ring (bicyclic) bond motifs is 3. The summed E-state index contributed by atoms with van der Waals surface area (Å²) >= 11 is 0. The number of nitrogens with two attached hydrogens (primary N) is 2. The Morgan fingerprint density at radius 3 is 1.77 bits per heavy atom. The van der Waals surface area contributed by atoms with Gasteiger partial charge in [0.25, 0.3) is 0 Å². The number of nitrogen functional groups attached to an aromatic ring is 2. The fourth-order valence-corrected chi connectivity index (χ4v) is 6.86. The van der Waals surface area contributed by atoms with Crippen LogP contribution in [0.2, 0.25) is 0 Å². The number of carboxylic acid groups (broad SMARTS) is 1. The first-order chi connectivity index (χ1) is 29.8. The summed E-state index contributed by atoms with van der Waals surface area (Å²) in [5, 5.41) is 9.59. The lowest BCUT2D eigenvalue weighted by Gasteiger charge is -2.39. The number of rotatable bonds is 26. The van der Waals surface area contributed by atoms with E-state index in [2.05, 4.69) is 30.7 Å². The molecule has 0 radical (unpaired) electrons. The minimum absolute atomic E-state index is 0.0867. The number of aromatic nitrogens is 3. The second-order valence-corrected chi connectivity index (χ2v) is 15.3. The number of nitrogens with zero attached hydrogens (tertiary/aromatic N) is 3. The van der Waals surface area contributed by atoms with Gasteiger partial charge in [0, 0.05) is 42.0 Å². The van der Waals surface area contributed by atoms with E-state index in [9.17, 15) is 14.7 Å². The number of pyridine rings is 1. The second kappa shape index (κ2) is 23.0. The van der Waals surface area contributed by atoms with Crippen molar-refractivity contribution in [3.8, 4) is 40.0 Å². The Bertz CT molecular complexity index is 2130. The maximum absolute atomic E-state index is 12.7. The van der Waals surface area contributed by atoms with Gasteiger partial charge in [-0.1, -0.05) is 20.8 Å². The standard InChI is InChI=1S/C44H59N5O13/c1-44(2,3)39-23-29-22-36(35(53-4)24-31(29)33-25-34(50)32(42(51)52)27-49(33)39)61-17-15-59-13-11-57-9-7-56-8-10-58-12-14-60-16-18-62-40-37(54-5)20-28(21-38(40)55-6)19-30-26-47-43(46)48-41(30)45/h20-22,24-27,39H,7-19,23H2,1-6H3,(H,51,52)(H4,45,46,47,48)/t39-/m0/s1. The molecule has 5 rings (SSSR count). The van der Waals surface area contributed by atoms with Crippen LogP contribution in [0.25, 0.3) is 11.3 Å². The van der Waals surface area contributed by atoms with Crippen molar-refractivity contribution in [2.75, 3.05) is 112 Å². The zero-order valence-electron chi connectivity index (χ0n) is 36.4. The molecule has 5 N–H and O–H groups in total. The van der Waals surface area contributed by atoms with Gasteiger partial charge in [-0.2, -0.15) is 4.98 Å². The Labute approximate surface area is 361 Å². The van der Waals surface area contributed by atoms with Crippen LogP contribution < -0.4 is 40.6 Å². The molecule has 0 fully saturated rings. The summed E-state index contributed by atoms with van der Waals surface area (Å²) in [6.45, 7) is 10.8. The van der Waals surface area contributed by atoms with Gasteiger partial charge < -0.3 is 68.5 Å². The highest BCUT2D eigenvalue weighted by Crippen LogP contribution is 2.46. The number of benzene rings is 2. The molecule has 3 heterocycles. The summed E-state index contributed by atoms with van der Waals surface area (Å²) in [4.78, 5) is 32.5. The second-order valence-electron chi connectivity index (χ2n) is 15.3. The van der Waals surface area contributed by atoms with Crippen molar-refractivity contribution in [3.63, 3.8) is 0 Å². The van der Waals surface area contributed by atoms with Gasteiger partial charge in [0.15, 0.2) is 28.4 Å². The van der Waals surface area contributed by atoms with Gasteiger partial charge in [-0.25, -0.2) is 9.78 Å². The summed E-state index contributed by atoms with van der Waals surface area (Å²) in [5.74, 6) is 1.73. The topological polar surface area (TPSA) is 229 Å². The van der Waals surface area contributed by atoms with Crippen LogP contribution in [-0.2, 0) is 36.5 Å². The molecule has 18 nitrogen and oxygen atoms in total. The minimum Gasteiger partial charge on any atom is -0.493 e. The van der Waals surface area contributed by atoms with E-state index in [1.807, 2.05) is 28.8 Å². The molecule has 4 aromatic rings. The van der Waals surface area contributed by atoms with Crippen LogP contribution in [0.5, 0.6) is 28.7 Å². The van der Waals surface area contributed by atoms with Crippen LogP contribution in [0.3, 0.4) is 0 Å². The Kier molecular flexibility index (Phi) is 17.6. The summed E-state index contributed by atoms with van der Waals surface area (Å²) in [7, 11) is 4.66. The van der Waals surface area contributed by atoms with Gasteiger partial charge in [-0.05, 0) is 47.2 Å². The van der Waals surface area contributed by atoms with Gasteiger partial charge in [-0.15, -0.1) is 0 Å². The molecule has 1 aliphatic rings. The number of carboxylic acids is 1. The summed E-state index contributed by atoms with van der Waals surface area (Å²) in [6.07, 6.45) is 4.13. The van der Waals surface area contributed by atoms with Crippen molar-refractivity contribution in [3.05, 3.63) is 75.2 Å². The van der Waals surface area contributed by atoms with Crippen molar-refractivity contribution in [2.24, 2.45) is 5.41 Å². The molecule has 0 bridgehead atoms. The quantitative estimate of drug-likeness (QED) is 0.0740. The predicted molar refractivity (Wildman–Crippen MR) is 230 cm³/mol. The lowest BCUT2D eigenvalue weighted by atomic mass is 9.78. The zero-order chi connectivity index (χ0) is 44.6. The fraction of sp³-hybridized carbons (Fsp3) is 0.500. The third-order valence-electron chi connectivity index (χ3n) is 10.0. The van der Waals surface area contributed by atoms with Gasteiger partial charge in [0.05, 0.1) is 93.1 Å².